The SMILES string of the molecule is COc1cccc(-n2ccc(O)n2)c1. The molecule has 0 radical (unpaired) electrons. The van der Waals surface area contributed by atoms with Crippen LogP contribution < -0.4 is 4.74 Å². The van der Waals surface area contributed by atoms with E-state index in [1.807, 2.05) is 24.3 Å². The van der Waals surface area contributed by atoms with Crippen LogP contribution in [0.1, 0.15) is 0 Å². The lowest BCUT2D eigenvalue weighted by Gasteiger charge is -2.03. The number of hydrogen-bond acceptors (Lipinski definition) is 3. The van der Waals surface area contributed by atoms with Crippen LogP contribution in [-0.4, -0.2) is 22.0 Å². The maximum atomic E-state index is 9.08. The third kappa shape index (κ3) is 1.54. The molecule has 0 aliphatic rings. The Labute approximate surface area is 81.4 Å². The van der Waals surface area contributed by atoms with Gasteiger partial charge in [0, 0.05) is 18.3 Å². The van der Waals surface area contributed by atoms with Crippen LogP contribution in [0.2, 0.25) is 0 Å². The summed E-state index contributed by atoms with van der Waals surface area (Å²) in [5.74, 6) is 0.769. The van der Waals surface area contributed by atoms with Gasteiger partial charge in [0.25, 0.3) is 0 Å². The molecule has 0 bridgehead atoms. The summed E-state index contributed by atoms with van der Waals surface area (Å²) in [5, 5.41) is 13.0. The Hall–Kier alpha value is -1.97. The summed E-state index contributed by atoms with van der Waals surface area (Å²) in [6, 6.07) is 8.97. The minimum Gasteiger partial charge on any atom is -0.497 e. The largest absolute Gasteiger partial charge is 0.497 e. The molecule has 0 unspecified atom stereocenters. The van der Waals surface area contributed by atoms with Gasteiger partial charge < -0.3 is 9.84 Å². The van der Waals surface area contributed by atoms with E-state index in [2.05, 4.69) is 5.10 Å². The van der Waals surface area contributed by atoms with Gasteiger partial charge in [0.15, 0.2) is 0 Å². The van der Waals surface area contributed by atoms with Gasteiger partial charge in [0.1, 0.15) is 5.75 Å². The van der Waals surface area contributed by atoms with Gasteiger partial charge in [-0.1, -0.05) is 6.07 Å². The molecule has 0 spiro atoms. The Morgan fingerprint density at radius 3 is 2.86 bits per heavy atom. The van der Waals surface area contributed by atoms with Crippen LogP contribution in [0.5, 0.6) is 11.6 Å². The smallest absolute Gasteiger partial charge is 0.230 e. The predicted octanol–water partition coefficient (Wildman–Crippen LogP) is 1.59. The van der Waals surface area contributed by atoms with Crippen LogP contribution in [0.25, 0.3) is 5.69 Å². The van der Waals surface area contributed by atoms with Gasteiger partial charge in [0.05, 0.1) is 12.8 Å². The van der Waals surface area contributed by atoms with Crippen LogP contribution in [-0.2, 0) is 0 Å². The lowest BCUT2D eigenvalue weighted by molar-refractivity contribution is 0.414. The molecule has 1 heterocycles. The van der Waals surface area contributed by atoms with E-state index in [0.717, 1.165) is 11.4 Å². The number of aromatic hydroxyl groups is 1. The van der Waals surface area contributed by atoms with Gasteiger partial charge in [0.2, 0.25) is 5.88 Å². The van der Waals surface area contributed by atoms with Crippen molar-refractivity contribution in [2.45, 2.75) is 0 Å². The van der Waals surface area contributed by atoms with Gasteiger partial charge in [-0.05, 0) is 12.1 Å². The van der Waals surface area contributed by atoms with Crippen LogP contribution in [0.15, 0.2) is 36.5 Å². The minimum atomic E-state index is 0.00724. The van der Waals surface area contributed by atoms with E-state index >= 15 is 0 Å². The molecule has 72 valence electrons. The molecule has 0 amide bonds. The van der Waals surface area contributed by atoms with E-state index in [9.17, 15) is 0 Å². The molecule has 4 nitrogen and oxygen atoms in total. The quantitative estimate of drug-likeness (QED) is 0.782. The molecule has 1 aromatic heterocycles. The van der Waals surface area contributed by atoms with Crippen molar-refractivity contribution < 1.29 is 9.84 Å². The number of benzene rings is 1. The number of rotatable bonds is 2. The van der Waals surface area contributed by atoms with E-state index in [4.69, 9.17) is 9.84 Å². The molecular weight excluding hydrogens is 180 g/mol. The number of nitrogens with zero attached hydrogens (tertiary/aromatic N) is 2. The van der Waals surface area contributed by atoms with Gasteiger partial charge in [-0.15, -0.1) is 5.10 Å². The van der Waals surface area contributed by atoms with Crippen molar-refractivity contribution in [3.63, 3.8) is 0 Å². The highest BCUT2D eigenvalue weighted by molar-refractivity contribution is 5.38. The van der Waals surface area contributed by atoms with Gasteiger partial charge >= 0.3 is 0 Å². The fourth-order valence-corrected chi connectivity index (χ4v) is 1.21. The highest BCUT2D eigenvalue weighted by Gasteiger charge is 2.00. The minimum absolute atomic E-state index is 0.00724. The van der Waals surface area contributed by atoms with Crippen LogP contribution in [0.3, 0.4) is 0 Å². The first-order valence-corrected chi connectivity index (χ1v) is 4.18. The molecule has 0 saturated carbocycles. The summed E-state index contributed by atoms with van der Waals surface area (Å²) in [5.41, 5.74) is 0.852. The second-order valence-electron chi connectivity index (χ2n) is 2.82. The van der Waals surface area contributed by atoms with Gasteiger partial charge in [-0.25, -0.2) is 4.68 Å². The summed E-state index contributed by atoms with van der Waals surface area (Å²) >= 11 is 0. The van der Waals surface area contributed by atoms with Crippen molar-refractivity contribution in [3.8, 4) is 17.3 Å². The van der Waals surface area contributed by atoms with Crippen molar-refractivity contribution >= 4 is 0 Å². The molecule has 0 aliphatic heterocycles. The first kappa shape index (κ1) is 8.62. The summed E-state index contributed by atoms with van der Waals surface area (Å²) in [6.07, 6.45) is 1.68. The van der Waals surface area contributed by atoms with Gasteiger partial charge in [-0.3, -0.25) is 0 Å². The second kappa shape index (κ2) is 3.41. The van der Waals surface area contributed by atoms with Crippen molar-refractivity contribution in [2.24, 2.45) is 0 Å². The van der Waals surface area contributed by atoms with Crippen LogP contribution in [0.4, 0.5) is 0 Å². The summed E-state index contributed by atoms with van der Waals surface area (Å²) in [4.78, 5) is 0. The van der Waals surface area contributed by atoms with Crippen molar-refractivity contribution in [2.75, 3.05) is 7.11 Å². The number of hydrogen-bond donors (Lipinski definition) is 1. The van der Waals surface area contributed by atoms with E-state index in [1.165, 1.54) is 6.07 Å². The molecule has 2 rings (SSSR count). The Morgan fingerprint density at radius 2 is 2.21 bits per heavy atom. The average molecular weight is 190 g/mol. The Balaban J connectivity index is 2.41. The first-order chi connectivity index (χ1) is 6.79. The Bertz CT molecular complexity index is 437. The molecule has 0 saturated heterocycles. The first-order valence-electron chi connectivity index (χ1n) is 4.18. The third-order valence-corrected chi connectivity index (χ3v) is 1.89. The topological polar surface area (TPSA) is 47.3 Å². The number of aromatic nitrogens is 2. The zero-order valence-electron chi connectivity index (χ0n) is 7.71. The average Bonchev–Trinajstić information content (AvgIpc) is 2.65. The van der Waals surface area contributed by atoms with E-state index in [0.29, 0.717) is 0 Å². The molecule has 2 aromatic rings. The predicted molar refractivity (Wildman–Crippen MR) is 51.8 cm³/mol. The molecule has 0 atom stereocenters. The zero-order chi connectivity index (χ0) is 9.97. The monoisotopic (exact) mass is 190 g/mol. The van der Waals surface area contributed by atoms with E-state index < -0.39 is 0 Å². The maximum Gasteiger partial charge on any atom is 0.230 e. The summed E-state index contributed by atoms with van der Waals surface area (Å²) in [7, 11) is 1.61. The maximum absolute atomic E-state index is 9.08. The van der Waals surface area contributed by atoms with E-state index in [-0.39, 0.29) is 5.88 Å². The highest BCUT2D eigenvalue weighted by atomic mass is 16.5. The van der Waals surface area contributed by atoms with Gasteiger partial charge in [-0.2, -0.15) is 0 Å². The van der Waals surface area contributed by atoms with Crippen molar-refractivity contribution in [1.82, 2.24) is 9.78 Å². The van der Waals surface area contributed by atoms with Crippen molar-refractivity contribution in [1.29, 1.82) is 0 Å². The molecule has 0 fully saturated rings. The molecular formula is C10H10N2O2. The fraction of sp³-hybridized carbons (Fsp3) is 0.100. The Morgan fingerprint density at radius 1 is 1.36 bits per heavy atom. The van der Waals surface area contributed by atoms with Crippen LogP contribution >= 0.6 is 0 Å². The molecule has 1 aromatic carbocycles. The zero-order valence-corrected chi connectivity index (χ0v) is 7.71. The highest BCUT2D eigenvalue weighted by Crippen LogP contribution is 2.16. The molecule has 4 heteroatoms. The van der Waals surface area contributed by atoms with Crippen LogP contribution in [0, 0.1) is 0 Å². The summed E-state index contributed by atoms with van der Waals surface area (Å²) in [6.45, 7) is 0. The van der Waals surface area contributed by atoms with Crippen molar-refractivity contribution in [3.05, 3.63) is 36.5 Å². The normalized spacial score (nSPS) is 10.1. The van der Waals surface area contributed by atoms with E-state index in [1.54, 1.807) is 18.0 Å². The molecule has 0 aliphatic carbocycles. The lowest BCUT2D eigenvalue weighted by atomic mass is 10.3. The fourth-order valence-electron chi connectivity index (χ4n) is 1.21. The number of methoxy groups -OCH3 is 1. The Kier molecular flexibility index (Phi) is 2.10. The molecule has 14 heavy (non-hydrogen) atoms. The molecule has 1 N–H and O–H groups in total. The second-order valence-corrected chi connectivity index (χ2v) is 2.82. The lowest BCUT2D eigenvalue weighted by Crippen LogP contribution is -1.94. The number of ether oxygens (including phenoxy) is 1. The third-order valence-electron chi connectivity index (χ3n) is 1.89. The summed E-state index contributed by atoms with van der Waals surface area (Å²) < 4.78 is 6.66. The standard InChI is InChI=1S/C10H10N2O2/c1-14-9-4-2-3-8(7-9)12-6-5-10(13)11-12/h2-7H,1H3,(H,11,13).